The van der Waals surface area contributed by atoms with Gasteiger partial charge in [0, 0.05) is 31.6 Å². The molecule has 3 atom stereocenters. The molecule has 1 aromatic carbocycles. The summed E-state index contributed by atoms with van der Waals surface area (Å²) in [5, 5.41) is 3.65. The normalized spacial score (nSPS) is 34.2. The second kappa shape index (κ2) is 3.34. The lowest BCUT2D eigenvalue weighted by molar-refractivity contribution is -0.0431. The number of benzene rings is 1. The molecule has 0 aromatic heterocycles. The molecule has 1 unspecified atom stereocenters. The molecule has 1 heterocycles. The third-order valence-electron chi connectivity index (χ3n) is 4.35. The number of hydrogen-bond acceptors (Lipinski definition) is 3. The van der Waals surface area contributed by atoms with E-state index in [9.17, 15) is 0 Å². The first kappa shape index (κ1) is 10.5. The van der Waals surface area contributed by atoms with Crippen LogP contribution in [0, 0.1) is 11.8 Å². The third-order valence-corrected chi connectivity index (χ3v) is 4.35. The zero-order valence-corrected chi connectivity index (χ0v) is 10.9. The lowest BCUT2D eigenvalue weighted by Crippen LogP contribution is -2.29. The van der Waals surface area contributed by atoms with E-state index in [1.54, 1.807) is 0 Å². The van der Waals surface area contributed by atoms with E-state index >= 15 is 0 Å². The number of fused-ring (bicyclic) bond motifs is 2. The molecule has 0 amide bonds. The average molecular weight is 245 g/mol. The summed E-state index contributed by atoms with van der Waals surface area (Å²) in [7, 11) is 0. The summed E-state index contributed by atoms with van der Waals surface area (Å²) in [6, 6.07) is 6.84. The van der Waals surface area contributed by atoms with E-state index in [1.807, 2.05) is 19.9 Å². The highest BCUT2D eigenvalue weighted by Gasteiger charge is 2.48. The van der Waals surface area contributed by atoms with Crippen molar-refractivity contribution in [3.8, 4) is 11.5 Å². The maximum Gasteiger partial charge on any atom is 0.246 e. The highest BCUT2D eigenvalue weighted by molar-refractivity contribution is 5.56. The van der Waals surface area contributed by atoms with Crippen molar-refractivity contribution in [2.24, 2.45) is 11.8 Å². The molecule has 0 radical (unpaired) electrons. The maximum absolute atomic E-state index is 5.77. The van der Waals surface area contributed by atoms with Gasteiger partial charge in [-0.2, -0.15) is 0 Å². The van der Waals surface area contributed by atoms with Gasteiger partial charge < -0.3 is 14.8 Å². The van der Waals surface area contributed by atoms with Crippen LogP contribution in [0.3, 0.4) is 0 Å². The summed E-state index contributed by atoms with van der Waals surface area (Å²) in [6.07, 6.45) is 4.14. The molecule has 1 aromatic rings. The van der Waals surface area contributed by atoms with E-state index in [0.717, 1.165) is 29.0 Å². The van der Waals surface area contributed by atoms with Crippen molar-refractivity contribution in [1.29, 1.82) is 0 Å². The number of rotatable bonds is 2. The van der Waals surface area contributed by atoms with Gasteiger partial charge in [0.2, 0.25) is 5.79 Å². The van der Waals surface area contributed by atoms with Gasteiger partial charge in [-0.25, -0.2) is 0 Å². The standard InChI is InChI=1S/C15H19NO2/c1-15(2)17-13-6-4-10(8-14(13)18-15)16-12-5-3-9-7-11(9)12/h4,6,8-9,11-12,16H,3,5,7H2,1-2H3/t9-,11+,12?/m0/s1. The van der Waals surface area contributed by atoms with Crippen molar-refractivity contribution < 1.29 is 9.47 Å². The van der Waals surface area contributed by atoms with Crippen LogP contribution in [-0.4, -0.2) is 11.8 Å². The molecule has 4 rings (SSSR count). The molecule has 3 heteroatoms. The van der Waals surface area contributed by atoms with E-state index in [2.05, 4.69) is 17.4 Å². The molecule has 3 nitrogen and oxygen atoms in total. The molecule has 18 heavy (non-hydrogen) atoms. The second-order valence-electron chi connectivity index (χ2n) is 6.25. The van der Waals surface area contributed by atoms with Crippen molar-refractivity contribution in [1.82, 2.24) is 0 Å². The smallest absolute Gasteiger partial charge is 0.246 e. The Morgan fingerprint density at radius 3 is 2.72 bits per heavy atom. The Morgan fingerprint density at radius 1 is 1.17 bits per heavy atom. The van der Waals surface area contributed by atoms with Gasteiger partial charge in [-0.05, 0) is 43.2 Å². The van der Waals surface area contributed by atoms with E-state index in [4.69, 9.17) is 9.47 Å². The zero-order chi connectivity index (χ0) is 12.3. The Kier molecular flexibility index (Phi) is 1.95. The summed E-state index contributed by atoms with van der Waals surface area (Å²) >= 11 is 0. The molecule has 96 valence electrons. The fourth-order valence-corrected chi connectivity index (χ4v) is 3.41. The quantitative estimate of drug-likeness (QED) is 0.866. The predicted molar refractivity (Wildman–Crippen MR) is 70.0 cm³/mol. The van der Waals surface area contributed by atoms with Crippen LogP contribution >= 0.6 is 0 Å². The molecule has 1 aliphatic heterocycles. The van der Waals surface area contributed by atoms with E-state index in [-0.39, 0.29) is 0 Å². The van der Waals surface area contributed by atoms with Crippen LogP contribution in [0.5, 0.6) is 11.5 Å². The van der Waals surface area contributed by atoms with Crippen LogP contribution in [0.25, 0.3) is 0 Å². The molecule has 1 N–H and O–H groups in total. The molecular weight excluding hydrogens is 226 g/mol. The van der Waals surface area contributed by atoms with Crippen LogP contribution in [0.2, 0.25) is 0 Å². The first-order chi connectivity index (χ1) is 8.61. The van der Waals surface area contributed by atoms with Crippen LogP contribution in [0.4, 0.5) is 5.69 Å². The average Bonchev–Trinajstić information content (AvgIpc) is 2.88. The molecule has 2 saturated carbocycles. The van der Waals surface area contributed by atoms with Gasteiger partial charge in [-0.3, -0.25) is 0 Å². The van der Waals surface area contributed by atoms with Gasteiger partial charge in [0.05, 0.1) is 0 Å². The molecule has 0 saturated heterocycles. The fraction of sp³-hybridized carbons (Fsp3) is 0.600. The molecular formula is C15H19NO2. The Morgan fingerprint density at radius 2 is 2.00 bits per heavy atom. The lowest BCUT2D eigenvalue weighted by atomic mass is 10.1. The Bertz CT molecular complexity index is 497. The highest BCUT2D eigenvalue weighted by atomic mass is 16.7. The van der Waals surface area contributed by atoms with Crippen LogP contribution in [-0.2, 0) is 0 Å². The topological polar surface area (TPSA) is 30.5 Å². The predicted octanol–water partition coefficient (Wildman–Crippen LogP) is 3.40. The van der Waals surface area contributed by atoms with Crippen molar-refractivity contribution in [3.05, 3.63) is 18.2 Å². The summed E-state index contributed by atoms with van der Waals surface area (Å²) in [4.78, 5) is 0. The number of hydrogen-bond donors (Lipinski definition) is 1. The van der Waals surface area contributed by atoms with E-state index < -0.39 is 5.79 Å². The van der Waals surface area contributed by atoms with Gasteiger partial charge >= 0.3 is 0 Å². The van der Waals surface area contributed by atoms with Gasteiger partial charge in [0.1, 0.15) is 0 Å². The summed E-state index contributed by atoms with van der Waals surface area (Å²) in [6.45, 7) is 3.87. The van der Waals surface area contributed by atoms with Crippen molar-refractivity contribution in [2.45, 2.75) is 44.9 Å². The number of nitrogens with one attached hydrogen (secondary N) is 1. The molecule has 2 fully saturated rings. The highest BCUT2D eigenvalue weighted by Crippen LogP contribution is 2.52. The van der Waals surface area contributed by atoms with E-state index in [1.165, 1.54) is 19.3 Å². The largest absolute Gasteiger partial charge is 0.449 e. The first-order valence-electron chi connectivity index (χ1n) is 6.89. The lowest BCUT2D eigenvalue weighted by Gasteiger charge is -2.16. The maximum atomic E-state index is 5.77. The molecule has 2 aliphatic carbocycles. The van der Waals surface area contributed by atoms with Crippen molar-refractivity contribution in [2.75, 3.05) is 5.32 Å². The van der Waals surface area contributed by atoms with Gasteiger partial charge in [0.25, 0.3) is 0 Å². The van der Waals surface area contributed by atoms with Crippen LogP contribution in [0.1, 0.15) is 33.1 Å². The monoisotopic (exact) mass is 245 g/mol. The number of anilines is 1. The van der Waals surface area contributed by atoms with Crippen molar-refractivity contribution >= 4 is 5.69 Å². The van der Waals surface area contributed by atoms with Crippen molar-refractivity contribution in [3.63, 3.8) is 0 Å². The van der Waals surface area contributed by atoms with Crippen LogP contribution < -0.4 is 14.8 Å². The molecule has 3 aliphatic rings. The Hall–Kier alpha value is -1.38. The zero-order valence-electron chi connectivity index (χ0n) is 10.9. The van der Waals surface area contributed by atoms with Gasteiger partial charge in [-0.15, -0.1) is 0 Å². The SMILES string of the molecule is CC1(C)Oc2ccc(NC3CC[C@H]4C[C@@H]34)cc2O1. The Balaban J connectivity index is 1.53. The van der Waals surface area contributed by atoms with E-state index in [0.29, 0.717) is 6.04 Å². The van der Waals surface area contributed by atoms with Gasteiger partial charge in [0.15, 0.2) is 11.5 Å². The first-order valence-corrected chi connectivity index (χ1v) is 6.89. The molecule has 0 bridgehead atoms. The van der Waals surface area contributed by atoms with Gasteiger partial charge in [-0.1, -0.05) is 0 Å². The fourth-order valence-electron chi connectivity index (χ4n) is 3.41. The minimum Gasteiger partial charge on any atom is -0.449 e. The van der Waals surface area contributed by atoms with Crippen LogP contribution in [0.15, 0.2) is 18.2 Å². The third kappa shape index (κ3) is 1.64. The number of ether oxygens (including phenoxy) is 2. The minimum atomic E-state index is -0.532. The summed E-state index contributed by atoms with van der Waals surface area (Å²) in [5.74, 6) is 3.11. The Labute approximate surface area is 107 Å². The summed E-state index contributed by atoms with van der Waals surface area (Å²) in [5.41, 5.74) is 1.16. The minimum absolute atomic E-state index is 0.532. The molecule has 0 spiro atoms. The summed E-state index contributed by atoms with van der Waals surface area (Å²) < 4.78 is 11.5. The second-order valence-corrected chi connectivity index (χ2v) is 6.25.